The number of methoxy groups -OCH3 is 1. The molecule has 0 rings (SSSR count). The molecular formula is C6H9NO5. The summed E-state index contributed by atoms with van der Waals surface area (Å²) in [5.41, 5.74) is 0. The largest absolute Gasteiger partial charge is 0.474 e. The van der Waals surface area contributed by atoms with Crippen LogP contribution >= 0.6 is 0 Å². The predicted molar refractivity (Wildman–Crippen MR) is 37.3 cm³/mol. The van der Waals surface area contributed by atoms with Gasteiger partial charge in [-0.3, -0.25) is 9.59 Å². The Morgan fingerprint density at radius 2 is 2.00 bits per heavy atom. The standard InChI is InChI=1S/C6H9NO5/c1-12-4(8)2-3-7-5(9)6(10)11/h2-3H2,1H3,(H,7,9)(H,10,11). The predicted octanol–water partition coefficient (Wildman–Crippen LogP) is -1.25. The summed E-state index contributed by atoms with van der Waals surface area (Å²) in [6.45, 7) is -0.0300. The quantitative estimate of drug-likeness (QED) is 0.413. The molecule has 0 aliphatic heterocycles. The zero-order valence-corrected chi connectivity index (χ0v) is 6.49. The highest BCUT2D eigenvalue weighted by atomic mass is 16.5. The Morgan fingerprint density at radius 3 is 2.42 bits per heavy atom. The molecule has 0 aliphatic carbocycles. The summed E-state index contributed by atoms with van der Waals surface area (Å²) >= 11 is 0. The lowest BCUT2D eigenvalue weighted by Crippen LogP contribution is -2.32. The van der Waals surface area contributed by atoms with E-state index in [0.29, 0.717) is 0 Å². The Bertz CT molecular complexity index is 200. The monoisotopic (exact) mass is 175 g/mol. The van der Waals surface area contributed by atoms with Gasteiger partial charge >= 0.3 is 17.8 Å². The average molecular weight is 175 g/mol. The number of esters is 1. The van der Waals surface area contributed by atoms with Gasteiger partial charge in [-0.25, -0.2) is 4.79 Å². The molecule has 0 unspecified atom stereocenters. The summed E-state index contributed by atoms with van der Waals surface area (Å²) in [6.07, 6.45) is -0.0322. The lowest BCUT2D eigenvalue weighted by atomic mass is 10.4. The van der Waals surface area contributed by atoms with Crippen LogP contribution in [0.4, 0.5) is 0 Å². The Balaban J connectivity index is 3.50. The normalized spacial score (nSPS) is 8.75. The molecule has 0 aromatic heterocycles. The second-order valence-corrected chi connectivity index (χ2v) is 1.89. The topological polar surface area (TPSA) is 92.7 Å². The number of ether oxygens (including phenoxy) is 1. The number of carbonyl (C=O) groups is 3. The fourth-order valence-corrected chi connectivity index (χ4v) is 0.456. The molecule has 6 heteroatoms. The van der Waals surface area contributed by atoms with Crippen LogP contribution in [0.5, 0.6) is 0 Å². The van der Waals surface area contributed by atoms with Crippen molar-refractivity contribution in [2.45, 2.75) is 6.42 Å². The third kappa shape index (κ3) is 4.26. The number of amides is 1. The molecule has 0 aliphatic rings. The maximum atomic E-state index is 10.4. The van der Waals surface area contributed by atoms with Gasteiger partial charge in [0.25, 0.3) is 0 Å². The average Bonchev–Trinajstić information content (AvgIpc) is 2.03. The highest BCUT2D eigenvalue weighted by Gasteiger charge is 2.10. The Kier molecular flexibility index (Phi) is 4.43. The van der Waals surface area contributed by atoms with Gasteiger partial charge in [0.1, 0.15) is 0 Å². The fourth-order valence-electron chi connectivity index (χ4n) is 0.456. The van der Waals surface area contributed by atoms with Gasteiger partial charge in [0.15, 0.2) is 0 Å². The van der Waals surface area contributed by atoms with Crippen molar-refractivity contribution in [1.29, 1.82) is 0 Å². The second-order valence-electron chi connectivity index (χ2n) is 1.89. The molecule has 1 amide bonds. The second kappa shape index (κ2) is 5.11. The molecule has 68 valence electrons. The van der Waals surface area contributed by atoms with E-state index in [4.69, 9.17) is 5.11 Å². The first-order valence-electron chi connectivity index (χ1n) is 3.16. The SMILES string of the molecule is COC(=O)CCNC(=O)C(=O)O. The smallest absolute Gasteiger partial charge is 0.394 e. The molecular weight excluding hydrogens is 166 g/mol. The van der Waals surface area contributed by atoms with Crippen molar-refractivity contribution < 1.29 is 24.2 Å². The van der Waals surface area contributed by atoms with Crippen LogP contribution in [-0.2, 0) is 19.1 Å². The molecule has 6 nitrogen and oxygen atoms in total. The van der Waals surface area contributed by atoms with Crippen LogP contribution in [0, 0.1) is 0 Å². The van der Waals surface area contributed by atoms with Gasteiger partial charge in [-0.05, 0) is 0 Å². The molecule has 0 aromatic carbocycles. The summed E-state index contributed by atoms with van der Waals surface area (Å²) in [6, 6.07) is 0. The number of nitrogens with one attached hydrogen (secondary N) is 1. The van der Waals surface area contributed by atoms with E-state index >= 15 is 0 Å². The van der Waals surface area contributed by atoms with Crippen molar-refractivity contribution in [2.24, 2.45) is 0 Å². The van der Waals surface area contributed by atoms with Crippen molar-refractivity contribution in [2.75, 3.05) is 13.7 Å². The van der Waals surface area contributed by atoms with E-state index in [0.717, 1.165) is 0 Å². The van der Waals surface area contributed by atoms with Crippen LogP contribution in [0.2, 0.25) is 0 Å². The van der Waals surface area contributed by atoms with Crippen LogP contribution in [0.15, 0.2) is 0 Å². The van der Waals surface area contributed by atoms with Crippen molar-refractivity contribution in [3.63, 3.8) is 0 Å². The maximum Gasteiger partial charge on any atom is 0.394 e. The first-order valence-corrected chi connectivity index (χ1v) is 3.16. The van der Waals surface area contributed by atoms with E-state index in [9.17, 15) is 14.4 Å². The molecule has 0 bridgehead atoms. The first kappa shape index (κ1) is 10.4. The number of hydrogen-bond donors (Lipinski definition) is 2. The number of aliphatic carboxylic acids is 1. The fraction of sp³-hybridized carbons (Fsp3) is 0.500. The molecule has 0 radical (unpaired) electrons. The van der Waals surface area contributed by atoms with Gasteiger partial charge in [0, 0.05) is 6.54 Å². The van der Waals surface area contributed by atoms with Crippen molar-refractivity contribution >= 4 is 17.8 Å². The van der Waals surface area contributed by atoms with Crippen LogP contribution < -0.4 is 5.32 Å². The number of carboxylic acids is 1. The van der Waals surface area contributed by atoms with E-state index in [2.05, 4.69) is 4.74 Å². The van der Waals surface area contributed by atoms with Gasteiger partial charge in [-0.2, -0.15) is 0 Å². The molecule has 0 aromatic rings. The summed E-state index contributed by atoms with van der Waals surface area (Å²) in [5.74, 6) is -3.19. The van der Waals surface area contributed by atoms with Crippen molar-refractivity contribution in [3.8, 4) is 0 Å². The molecule has 0 spiro atoms. The molecule has 0 saturated carbocycles. The molecule has 0 heterocycles. The summed E-state index contributed by atoms with van der Waals surface area (Å²) in [5, 5.41) is 10.1. The summed E-state index contributed by atoms with van der Waals surface area (Å²) < 4.78 is 4.25. The minimum absolute atomic E-state index is 0.0300. The number of hydrogen-bond acceptors (Lipinski definition) is 4. The van der Waals surface area contributed by atoms with Crippen LogP contribution in [0.1, 0.15) is 6.42 Å². The lowest BCUT2D eigenvalue weighted by Gasteiger charge is -1.99. The molecule has 0 saturated heterocycles. The zero-order chi connectivity index (χ0) is 9.56. The van der Waals surface area contributed by atoms with Crippen LogP contribution in [0.3, 0.4) is 0 Å². The Hall–Kier alpha value is -1.59. The Labute approximate surface area is 68.5 Å². The van der Waals surface area contributed by atoms with E-state index in [-0.39, 0.29) is 13.0 Å². The van der Waals surface area contributed by atoms with Crippen molar-refractivity contribution in [3.05, 3.63) is 0 Å². The third-order valence-electron chi connectivity index (χ3n) is 1.04. The number of carbonyl (C=O) groups excluding carboxylic acids is 2. The summed E-state index contributed by atoms with van der Waals surface area (Å²) in [7, 11) is 1.21. The maximum absolute atomic E-state index is 10.4. The third-order valence-corrected chi connectivity index (χ3v) is 1.04. The van der Waals surface area contributed by atoms with E-state index in [1.165, 1.54) is 7.11 Å². The zero-order valence-electron chi connectivity index (χ0n) is 6.49. The molecule has 12 heavy (non-hydrogen) atoms. The number of rotatable bonds is 3. The Morgan fingerprint density at radius 1 is 1.42 bits per heavy atom. The first-order chi connectivity index (χ1) is 5.57. The molecule has 0 atom stereocenters. The van der Waals surface area contributed by atoms with Gasteiger partial charge in [0.05, 0.1) is 13.5 Å². The highest BCUT2D eigenvalue weighted by molar-refractivity contribution is 6.31. The van der Waals surface area contributed by atoms with Gasteiger partial charge < -0.3 is 15.2 Å². The van der Waals surface area contributed by atoms with E-state index in [1.54, 1.807) is 0 Å². The van der Waals surface area contributed by atoms with Crippen LogP contribution in [0.25, 0.3) is 0 Å². The minimum atomic E-state index is -1.57. The van der Waals surface area contributed by atoms with Gasteiger partial charge in [-0.15, -0.1) is 0 Å². The molecule has 0 fully saturated rings. The van der Waals surface area contributed by atoms with Crippen LogP contribution in [-0.4, -0.2) is 36.6 Å². The van der Waals surface area contributed by atoms with Crippen molar-refractivity contribution in [1.82, 2.24) is 5.32 Å². The lowest BCUT2D eigenvalue weighted by molar-refractivity contribution is -0.150. The summed E-state index contributed by atoms with van der Waals surface area (Å²) in [4.78, 5) is 30.7. The van der Waals surface area contributed by atoms with Gasteiger partial charge in [0.2, 0.25) is 0 Å². The number of carboxylic acid groups (broad SMARTS) is 1. The molecule has 2 N–H and O–H groups in total. The highest BCUT2D eigenvalue weighted by Crippen LogP contribution is 1.80. The minimum Gasteiger partial charge on any atom is -0.474 e. The van der Waals surface area contributed by atoms with E-state index < -0.39 is 17.8 Å². The van der Waals surface area contributed by atoms with Gasteiger partial charge in [-0.1, -0.05) is 0 Å². The van der Waals surface area contributed by atoms with E-state index in [1.807, 2.05) is 5.32 Å².